The number of benzene rings is 1. The summed E-state index contributed by atoms with van der Waals surface area (Å²) in [5.74, 6) is -0.0165. The minimum Gasteiger partial charge on any atom is -0.357 e. The van der Waals surface area contributed by atoms with Crippen LogP contribution in [-0.4, -0.2) is 17.4 Å². The van der Waals surface area contributed by atoms with Gasteiger partial charge < -0.3 is 10.3 Å². The van der Waals surface area contributed by atoms with Crippen molar-refractivity contribution < 1.29 is 4.79 Å². The first-order valence-electron chi connectivity index (χ1n) is 7.27. The van der Waals surface area contributed by atoms with E-state index in [1.54, 1.807) is 12.3 Å². The standard InChI is InChI=1S/C17H20N2O/c20-16(15-9-6-12-18-15)19-13-17(10-4-5-11-17)14-7-2-1-3-8-14/h1-3,6-9,12,18H,4-5,10-11,13H2,(H,19,20). The third-order valence-corrected chi connectivity index (χ3v) is 4.38. The van der Waals surface area contributed by atoms with Crippen LogP contribution in [0.4, 0.5) is 0 Å². The molecule has 1 aromatic carbocycles. The van der Waals surface area contributed by atoms with Crippen molar-refractivity contribution in [3.05, 3.63) is 59.9 Å². The van der Waals surface area contributed by atoms with E-state index in [4.69, 9.17) is 0 Å². The van der Waals surface area contributed by atoms with Crippen LogP contribution >= 0.6 is 0 Å². The van der Waals surface area contributed by atoms with Gasteiger partial charge in [0.05, 0.1) is 0 Å². The molecule has 1 amide bonds. The summed E-state index contributed by atoms with van der Waals surface area (Å²) in [7, 11) is 0. The number of carbonyl (C=O) groups is 1. The van der Waals surface area contributed by atoms with Crippen LogP contribution in [0.2, 0.25) is 0 Å². The van der Waals surface area contributed by atoms with E-state index in [2.05, 4.69) is 34.6 Å². The number of aromatic nitrogens is 1. The molecule has 1 aliphatic rings. The van der Waals surface area contributed by atoms with E-state index in [0.29, 0.717) is 5.69 Å². The maximum absolute atomic E-state index is 12.1. The Labute approximate surface area is 119 Å². The lowest BCUT2D eigenvalue weighted by Gasteiger charge is -2.30. The molecule has 1 fully saturated rings. The number of amides is 1. The summed E-state index contributed by atoms with van der Waals surface area (Å²) in [6.45, 7) is 0.717. The highest BCUT2D eigenvalue weighted by molar-refractivity contribution is 5.92. The zero-order valence-electron chi connectivity index (χ0n) is 11.6. The summed E-state index contributed by atoms with van der Waals surface area (Å²) in [6.07, 6.45) is 6.57. The van der Waals surface area contributed by atoms with Gasteiger partial charge in [0.25, 0.3) is 5.91 Å². The summed E-state index contributed by atoms with van der Waals surface area (Å²) in [5.41, 5.74) is 2.10. The van der Waals surface area contributed by atoms with Crippen molar-refractivity contribution in [1.29, 1.82) is 0 Å². The number of H-pyrrole nitrogens is 1. The SMILES string of the molecule is O=C(NCC1(c2ccccc2)CCCC1)c1ccc[nH]1. The maximum atomic E-state index is 12.1. The van der Waals surface area contributed by atoms with Crippen molar-refractivity contribution in [2.75, 3.05) is 6.54 Å². The molecule has 0 bridgehead atoms. The van der Waals surface area contributed by atoms with E-state index in [1.165, 1.54) is 18.4 Å². The molecule has 0 radical (unpaired) electrons. The van der Waals surface area contributed by atoms with E-state index >= 15 is 0 Å². The second-order valence-electron chi connectivity index (χ2n) is 5.62. The zero-order valence-corrected chi connectivity index (χ0v) is 11.6. The van der Waals surface area contributed by atoms with Crippen LogP contribution in [0.1, 0.15) is 41.7 Å². The van der Waals surface area contributed by atoms with Crippen molar-refractivity contribution in [3.8, 4) is 0 Å². The Kier molecular flexibility index (Phi) is 3.59. The predicted octanol–water partition coefficient (Wildman–Crippen LogP) is 3.26. The quantitative estimate of drug-likeness (QED) is 0.878. The van der Waals surface area contributed by atoms with Crippen LogP contribution in [0, 0.1) is 0 Å². The van der Waals surface area contributed by atoms with Gasteiger partial charge in [0.15, 0.2) is 0 Å². The van der Waals surface area contributed by atoms with Gasteiger partial charge in [-0.05, 0) is 30.5 Å². The smallest absolute Gasteiger partial charge is 0.267 e. The Morgan fingerprint density at radius 2 is 1.85 bits per heavy atom. The fourth-order valence-corrected chi connectivity index (χ4v) is 3.23. The van der Waals surface area contributed by atoms with Crippen LogP contribution in [0.15, 0.2) is 48.7 Å². The third kappa shape index (κ3) is 2.48. The van der Waals surface area contributed by atoms with Gasteiger partial charge in [-0.1, -0.05) is 43.2 Å². The number of nitrogens with one attached hydrogen (secondary N) is 2. The number of carbonyl (C=O) groups excluding carboxylic acids is 1. The Bertz CT molecular complexity index is 554. The van der Waals surface area contributed by atoms with Gasteiger partial charge in [-0.2, -0.15) is 0 Å². The average Bonchev–Trinajstić information content (AvgIpc) is 3.18. The fourth-order valence-electron chi connectivity index (χ4n) is 3.23. The number of hydrogen-bond acceptors (Lipinski definition) is 1. The monoisotopic (exact) mass is 268 g/mol. The molecule has 20 heavy (non-hydrogen) atoms. The molecule has 0 spiro atoms. The van der Waals surface area contributed by atoms with Gasteiger partial charge in [-0.3, -0.25) is 4.79 Å². The predicted molar refractivity (Wildman–Crippen MR) is 79.7 cm³/mol. The molecule has 2 aromatic rings. The molecule has 0 saturated heterocycles. The van der Waals surface area contributed by atoms with Gasteiger partial charge in [0.2, 0.25) is 0 Å². The highest BCUT2D eigenvalue weighted by Crippen LogP contribution is 2.40. The Morgan fingerprint density at radius 1 is 1.10 bits per heavy atom. The molecule has 3 rings (SSSR count). The maximum Gasteiger partial charge on any atom is 0.267 e. The van der Waals surface area contributed by atoms with Crippen molar-refractivity contribution >= 4 is 5.91 Å². The first-order valence-corrected chi connectivity index (χ1v) is 7.27. The summed E-state index contributed by atoms with van der Waals surface area (Å²) >= 11 is 0. The first kappa shape index (κ1) is 13.0. The molecule has 2 N–H and O–H groups in total. The fraction of sp³-hybridized carbons (Fsp3) is 0.353. The van der Waals surface area contributed by atoms with E-state index in [1.807, 2.05) is 12.1 Å². The lowest BCUT2D eigenvalue weighted by molar-refractivity contribution is 0.0938. The van der Waals surface area contributed by atoms with Crippen LogP contribution < -0.4 is 5.32 Å². The molecule has 104 valence electrons. The lowest BCUT2D eigenvalue weighted by Crippen LogP contribution is -2.39. The minimum atomic E-state index is -0.0165. The normalized spacial score (nSPS) is 17.0. The largest absolute Gasteiger partial charge is 0.357 e. The van der Waals surface area contributed by atoms with Gasteiger partial charge in [0.1, 0.15) is 5.69 Å². The lowest BCUT2D eigenvalue weighted by atomic mass is 9.79. The molecule has 0 aliphatic heterocycles. The van der Waals surface area contributed by atoms with Gasteiger partial charge >= 0.3 is 0 Å². The second-order valence-corrected chi connectivity index (χ2v) is 5.62. The third-order valence-electron chi connectivity index (χ3n) is 4.38. The molecule has 1 aromatic heterocycles. The summed E-state index contributed by atoms with van der Waals surface area (Å²) in [4.78, 5) is 15.0. The molecule has 3 heteroatoms. The molecule has 0 unspecified atom stereocenters. The van der Waals surface area contributed by atoms with Crippen LogP contribution in [0.25, 0.3) is 0 Å². The van der Waals surface area contributed by atoms with E-state index in [-0.39, 0.29) is 11.3 Å². The van der Waals surface area contributed by atoms with Crippen LogP contribution in [0.3, 0.4) is 0 Å². The van der Waals surface area contributed by atoms with Crippen molar-refractivity contribution in [3.63, 3.8) is 0 Å². The molecular weight excluding hydrogens is 248 g/mol. The number of rotatable bonds is 4. The molecular formula is C17H20N2O. The zero-order chi connectivity index (χ0) is 13.8. The Morgan fingerprint density at radius 3 is 2.50 bits per heavy atom. The van der Waals surface area contributed by atoms with E-state index in [0.717, 1.165) is 19.4 Å². The van der Waals surface area contributed by atoms with Crippen LogP contribution in [-0.2, 0) is 5.41 Å². The van der Waals surface area contributed by atoms with Gasteiger partial charge in [0, 0.05) is 18.2 Å². The van der Waals surface area contributed by atoms with Crippen molar-refractivity contribution in [2.24, 2.45) is 0 Å². The first-order chi connectivity index (χ1) is 9.80. The van der Waals surface area contributed by atoms with E-state index < -0.39 is 0 Å². The molecule has 1 heterocycles. The van der Waals surface area contributed by atoms with Crippen LogP contribution in [0.5, 0.6) is 0 Å². The highest BCUT2D eigenvalue weighted by Gasteiger charge is 2.35. The number of aromatic amines is 1. The average molecular weight is 268 g/mol. The van der Waals surface area contributed by atoms with E-state index in [9.17, 15) is 4.79 Å². The molecule has 0 atom stereocenters. The van der Waals surface area contributed by atoms with Crippen molar-refractivity contribution in [2.45, 2.75) is 31.1 Å². The minimum absolute atomic E-state index is 0.0165. The Hall–Kier alpha value is -2.03. The molecule has 1 saturated carbocycles. The van der Waals surface area contributed by atoms with Gasteiger partial charge in [-0.15, -0.1) is 0 Å². The summed E-state index contributed by atoms with van der Waals surface area (Å²) in [6, 6.07) is 14.2. The highest BCUT2D eigenvalue weighted by atomic mass is 16.1. The summed E-state index contributed by atoms with van der Waals surface area (Å²) in [5, 5.41) is 3.10. The molecule has 1 aliphatic carbocycles. The topological polar surface area (TPSA) is 44.9 Å². The van der Waals surface area contributed by atoms with Gasteiger partial charge in [-0.25, -0.2) is 0 Å². The summed E-state index contributed by atoms with van der Waals surface area (Å²) < 4.78 is 0. The number of hydrogen-bond donors (Lipinski definition) is 2. The molecule has 3 nitrogen and oxygen atoms in total. The second kappa shape index (κ2) is 5.53. The van der Waals surface area contributed by atoms with Crippen molar-refractivity contribution in [1.82, 2.24) is 10.3 Å². The Balaban J connectivity index is 1.74.